The summed E-state index contributed by atoms with van der Waals surface area (Å²) in [6.07, 6.45) is 1.60. The number of methoxy groups -OCH3 is 1. The highest BCUT2D eigenvalue weighted by Crippen LogP contribution is 2.28. The third-order valence-corrected chi connectivity index (χ3v) is 3.46. The van der Waals surface area contributed by atoms with Crippen molar-refractivity contribution >= 4 is 21.0 Å². The summed E-state index contributed by atoms with van der Waals surface area (Å²) in [6.45, 7) is 1.96. The van der Waals surface area contributed by atoms with Crippen LogP contribution in [0.25, 0.3) is 0 Å². The number of benzene rings is 1. The number of aryl methyl sites for hydroxylation is 2. The number of hydrogen-bond acceptors (Lipinski definition) is 3. The van der Waals surface area contributed by atoms with E-state index in [1.54, 1.807) is 31.1 Å². The van der Waals surface area contributed by atoms with E-state index in [2.05, 4.69) is 14.5 Å². The quantitative estimate of drug-likeness (QED) is 0.808. The summed E-state index contributed by atoms with van der Waals surface area (Å²) < 4.78 is 8.31. The van der Waals surface area contributed by atoms with Crippen molar-refractivity contribution in [2.75, 3.05) is 11.8 Å². The van der Waals surface area contributed by atoms with Gasteiger partial charge in [0.1, 0.15) is 11.4 Å². The lowest BCUT2D eigenvalue weighted by molar-refractivity contribution is 0.0998. The molecule has 0 saturated heterocycles. The molecule has 2 rings (SSSR count). The predicted octanol–water partition coefficient (Wildman–Crippen LogP) is 2.17. The molecule has 1 amide bonds. The average molecular weight is 277 g/mol. The molecule has 1 aromatic carbocycles. The Labute approximate surface area is 114 Å². The first kappa shape index (κ1) is 13.6. The van der Waals surface area contributed by atoms with Crippen molar-refractivity contribution in [2.45, 2.75) is 6.92 Å². The van der Waals surface area contributed by atoms with Gasteiger partial charge in [-0.1, -0.05) is 6.07 Å². The summed E-state index contributed by atoms with van der Waals surface area (Å²) >= 11 is 0. The van der Waals surface area contributed by atoms with Crippen LogP contribution in [0.3, 0.4) is 0 Å². The molecule has 0 radical (unpaired) electrons. The van der Waals surface area contributed by atoms with E-state index in [4.69, 9.17) is 4.74 Å². The van der Waals surface area contributed by atoms with Crippen LogP contribution in [0.15, 0.2) is 30.5 Å². The van der Waals surface area contributed by atoms with Crippen LogP contribution in [-0.4, -0.2) is 22.8 Å². The molecule has 2 aromatic rings. The van der Waals surface area contributed by atoms with Gasteiger partial charge in [0.05, 0.1) is 12.8 Å². The van der Waals surface area contributed by atoms with E-state index in [9.17, 15) is 4.79 Å². The molecule has 0 saturated carbocycles. The maximum Gasteiger partial charge on any atom is 0.279 e. The molecular weight excluding hydrogens is 261 g/mol. The maximum absolute atomic E-state index is 12.3. The fraction of sp³-hybridized carbons (Fsp3) is 0.231. The second kappa shape index (κ2) is 5.41. The van der Waals surface area contributed by atoms with Crippen LogP contribution in [0.5, 0.6) is 5.75 Å². The number of carbonyl (C=O) groups is 1. The molecule has 0 spiro atoms. The van der Waals surface area contributed by atoms with Crippen molar-refractivity contribution in [1.82, 2.24) is 9.78 Å². The molecule has 0 aliphatic heterocycles. The van der Waals surface area contributed by atoms with E-state index < -0.39 is 0 Å². The van der Waals surface area contributed by atoms with Gasteiger partial charge in [-0.25, -0.2) is 0 Å². The molecule has 1 atom stereocenters. The molecule has 19 heavy (non-hydrogen) atoms. The number of aromatic nitrogens is 2. The highest BCUT2D eigenvalue weighted by molar-refractivity contribution is 7.21. The Hall–Kier alpha value is -1.87. The Balaban J connectivity index is 2.32. The van der Waals surface area contributed by atoms with Gasteiger partial charge in [0, 0.05) is 19.3 Å². The normalized spacial score (nSPS) is 10.3. The number of nitrogens with zero attached hydrogens (tertiary/aromatic N) is 3. The largest absolute Gasteiger partial charge is 0.496 e. The van der Waals surface area contributed by atoms with Gasteiger partial charge in [0.2, 0.25) is 0 Å². The van der Waals surface area contributed by atoms with Gasteiger partial charge in [-0.15, -0.1) is 0 Å². The number of ether oxygens (including phenoxy) is 1. The van der Waals surface area contributed by atoms with Gasteiger partial charge in [0.15, 0.2) is 0 Å². The van der Waals surface area contributed by atoms with Crippen molar-refractivity contribution in [3.63, 3.8) is 0 Å². The van der Waals surface area contributed by atoms with Crippen LogP contribution >= 0.6 is 9.39 Å². The monoisotopic (exact) mass is 277 g/mol. The zero-order valence-corrected chi connectivity index (χ0v) is 12.3. The van der Waals surface area contributed by atoms with Gasteiger partial charge in [0.25, 0.3) is 5.91 Å². The lowest BCUT2D eigenvalue weighted by Gasteiger charge is -2.18. The van der Waals surface area contributed by atoms with Crippen LogP contribution in [0.4, 0.5) is 5.69 Å². The van der Waals surface area contributed by atoms with E-state index in [0.717, 1.165) is 17.0 Å². The summed E-state index contributed by atoms with van der Waals surface area (Å²) in [5.74, 6) is 0.610. The first-order valence-electron chi connectivity index (χ1n) is 5.76. The maximum atomic E-state index is 12.3. The molecule has 0 bridgehead atoms. The van der Waals surface area contributed by atoms with Crippen LogP contribution < -0.4 is 9.41 Å². The summed E-state index contributed by atoms with van der Waals surface area (Å²) in [5, 5.41) is 4.00. The second-order valence-corrected chi connectivity index (χ2v) is 4.69. The summed E-state index contributed by atoms with van der Waals surface area (Å²) in [5.41, 5.74) is 2.30. The molecule has 0 fully saturated rings. The smallest absolute Gasteiger partial charge is 0.279 e. The molecule has 5 nitrogen and oxygen atoms in total. The van der Waals surface area contributed by atoms with Gasteiger partial charge < -0.3 is 4.74 Å². The molecule has 100 valence electrons. The van der Waals surface area contributed by atoms with Crippen LogP contribution in [0.2, 0.25) is 0 Å². The van der Waals surface area contributed by atoms with Crippen molar-refractivity contribution in [3.8, 4) is 5.75 Å². The Bertz CT molecular complexity index is 610. The minimum atomic E-state index is -0.143. The fourth-order valence-corrected chi connectivity index (χ4v) is 2.08. The number of amides is 1. The molecule has 1 aromatic heterocycles. The standard InChI is InChI=1S/C13H16N3O2P/c1-9-4-5-10(8-12(9)18-3)16(19)13(17)11-6-7-14-15(11)2/h4-8H,19H2,1-3H3. The Morgan fingerprint density at radius 3 is 2.74 bits per heavy atom. The average Bonchev–Trinajstić information content (AvgIpc) is 2.84. The summed E-state index contributed by atoms with van der Waals surface area (Å²) in [6, 6.07) is 7.31. The van der Waals surface area contributed by atoms with E-state index in [-0.39, 0.29) is 5.91 Å². The molecule has 0 N–H and O–H groups in total. The number of anilines is 1. The highest BCUT2D eigenvalue weighted by atomic mass is 31.0. The minimum absolute atomic E-state index is 0.143. The molecule has 1 unspecified atom stereocenters. The van der Waals surface area contributed by atoms with Gasteiger partial charge in [-0.05, 0) is 34.0 Å². The number of rotatable bonds is 3. The first-order valence-corrected chi connectivity index (χ1v) is 6.28. The van der Waals surface area contributed by atoms with E-state index >= 15 is 0 Å². The topological polar surface area (TPSA) is 47.4 Å². The third-order valence-electron chi connectivity index (χ3n) is 2.93. The Morgan fingerprint density at radius 2 is 2.16 bits per heavy atom. The fourth-order valence-electron chi connectivity index (χ4n) is 1.78. The van der Waals surface area contributed by atoms with Gasteiger partial charge in [-0.2, -0.15) is 5.10 Å². The van der Waals surface area contributed by atoms with E-state index in [1.165, 1.54) is 4.67 Å². The first-order chi connectivity index (χ1) is 9.04. The van der Waals surface area contributed by atoms with Crippen molar-refractivity contribution < 1.29 is 9.53 Å². The lowest BCUT2D eigenvalue weighted by atomic mass is 10.2. The van der Waals surface area contributed by atoms with E-state index in [1.807, 2.05) is 25.1 Å². The zero-order chi connectivity index (χ0) is 14.0. The van der Waals surface area contributed by atoms with Crippen molar-refractivity contribution in [3.05, 3.63) is 41.7 Å². The number of hydrogen-bond donors (Lipinski definition) is 0. The molecule has 0 aliphatic carbocycles. The summed E-state index contributed by atoms with van der Waals surface area (Å²) in [7, 11) is 5.77. The Morgan fingerprint density at radius 1 is 1.42 bits per heavy atom. The summed E-state index contributed by atoms with van der Waals surface area (Å²) in [4.78, 5) is 12.3. The zero-order valence-electron chi connectivity index (χ0n) is 11.1. The highest BCUT2D eigenvalue weighted by Gasteiger charge is 2.17. The lowest BCUT2D eigenvalue weighted by Crippen LogP contribution is -2.22. The minimum Gasteiger partial charge on any atom is -0.496 e. The second-order valence-electron chi connectivity index (χ2n) is 4.17. The van der Waals surface area contributed by atoms with Gasteiger partial charge in [-0.3, -0.25) is 14.1 Å². The SMILES string of the molecule is COc1cc(N(P)C(=O)c2ccnn2C)ccc1C. The number of carbonyl (C=O) groups excluding carboxylic acids is 1. The molecule has 1 heterocycles. The molecular formula is C13H16N3O2P. The Kier molecular flexibility index (Phi) is 3.86. The van der Waals surface area contributed by atoms with Crippen LogP contribution in [0, 0.1) is 6.92 Å². The van der Waals surface area contributed by atoms with Crippen LogP contribution in [-0.2, 0) is 7.05 Å². The van der Waals surface area contributed by atoms with Crippen LogP contribution in [0.1, 0.15) is 16.1 Å². The third kappa shape index (κ3) is 2.61. The van der Waals surface area contributed by atoms with E-state index in [0.29, 0.717) is 5.69 Å². The van der Waals surface area contributed by atoms with Gasteiger partial charge >= 0.3 is 0 Å². The predicted molar refractivity (Wildman–Crippen MR) is 77.5 cm³/mol. The van der Waals surface area contributed by atoms with Crippen molar-refractivity contribution in [1.29, 1.82) is 0 Å². The molecule has 0 aliphatic rings. The van der Waals surface area contributed by atoms with Crippen molar-refractivity contribution in [2.24, 2.45) is 7.05 Å². The molecule has 6 heteroatoms.